The van der Waals surface area contributed by atoms with Crippen molar-refractivity contribution in [1.29, 1.82) is 0 Å². The fraction of sp³-hybridized carbons (Fsp3) is 0.462. The van der Waals surface area contributed by atoms with Crippen molar-refractivity contribution in [1.82, 2.24) is 5.32 Å². The number of carbonyl (C=O) groups excluding carboxylic acids is 1. The average Bonchev–Trinajstić information content (AvgIpc) is 2.43. The molecular weight excluding hydrogens is 328 g/mol. The highest BCUT2D eigenvalue weighted by Crippen LogP contribution is 2.24. The number of alkyl halides is 1. The lowest BCUT2D eigenvalue weighted by molar-refractivity contribution is -0.384. The summed E-state index contributed by atoms with van der Waals surface area (Å²) in [6, 6.07) is 3.91. The lowest BCUT2D eigenvalue weighted by Crippen LogP contribution is -2.39. The molecule has 0 spiro atoms. The molecule has 0 fully saturated rings. The summed E-state index contributed by atoms with van der Waals surface area (Å²) in [4.78, 5) is 22.4. The molecule has 0 saturated carbocycles. The van der Waals surface area contributed by atoms with Crippen molar-refractivity contribution >= 4 is 27.5 Å². The Morgan fingerprint density at radius 3 is 2.60 bits per heavy atom. The van der Waals surface area contributed by atoms with Gasteiger partial charge in [-0.25, -0.2) is 0 Å². The molecule has 1 N–H and O–H groups in total. The van der Waals surface area contributed by atoms with Gasteiger partial charge in [-0.05, 0) is 12.0 Å². The van der Waals surface area contributed by atoms with Gasteiger partial charge < -0.3 is 10.1 Å². The minimum atomic E-state index is -0.528. The van der Waals surface area contributed by atoms with Crippen molar-refractivity contribution in [3.63, 3.8) is 0 Å². The van der Waals surface area contributed by atoms with E-state index >= 15 is 0 Å². The zero-order chi connectivity index (χ0) is 15.3. The van der Waals surface area contributed by atoms with Gasteiger partial charge in [0.25, 0.3) is 11.6 Å². The van der Waals surface area contributed by atoms with E-state index < -0.39 is 4.92 Å². The Kier molecular flexibility index (Phi) is 5.94. The molecule has 1 rings (SSSR count). The van der Waals surface area contributed by atoms with Crippen LogP contribution in [0.4, 0.5) is 5.69 Å². The molecule has 1 aromatic carbocycles. The highest BCUT2D eigenvalue weighted by Gasteiger charge is 2.20. The van der Waals surface area contributed by atoms with Crippen LogP contribution in [-0.4, -0.2) is 29.3 Å². The fourth-order valence-corrected chi connectivity index (χ4v) is 2.52. The number of ether oxygens (including phenoxy) is 1. The van der Waals surface area contributed by atoms with Crippen LogP contribution in [0, 0.1) is 16.0 Å². The number of amides is 1. The van der Waals surface area contributed by atoms with E-state index in [1.165, 1.54) is 25.3 Å². The number of nitro benzene ring substituents is 1. The number of nitrogens with zero attached hydrogens (tertiary/aromatic N) is 1. The number of nitrogens with one attached hydrogen (secondary N) is 1. The van der Waals surface area contributed by atoms with E-state index in [0.29, 0.717) is 5.33 Å². The minimum absolute atomic E-state index is 0.0256. The highest BCUT2D eigenvalue weighted by atomic mass is 79.9. The topological polar surface area (TPSA) is 81.5 Å². The molecule has 1 aromatic rings. The van der Waals surface area contributed by atoms with E-state index in [1.807, 2.05) is 13.8 Å². The first-order valence-electron chi connectivity index (χ1n) is 6.10. The summed E-state index contributed by atoms with van der Waals surface area (Å²) in [5.74, 6) is 0.144. The number of halogens is 1. The van der Waals surface area contributed by atoms with Gasteiger partial charge >= 0.3 is 0 Å². The second-order valence-corrected chi connectivity index (χ2v) is 5.27. The standard InChI is InChI=1S/C13H17BrN2O4/c1-8(2)11(7-14)15-13(17)10-5-4-9(16(18)19)6-12(10)20-3/h4-6,8,11H,7H2,1-3H3,(H,15,17). The normalized spacial score (nSPS) is 12.1. The molecule has 7 heteroatoms. The number of rotatable bonds is 6. The first kappa shape index (κ1) is 16.4. The summed E-state index contributed by atoms with van der Waals surface area (Å²) < 4.78 is 5.06. The van der Waals surface area contributed by atoms with Crippen molar-refractivity contribution < 1.29 is 14.5 Å². The van der Waals surface area contributed by atoms with Crippen LogP contribution in [0.1, 0.15) is 24.2 Å². The maximum absolute atomic E-state index is 12.2. The molecule has 1 atom stereocenters. The van der Waals surface area contributed by atoms with Crippen LogP contribution >= 0.6 is 15.9 Å². The van der Waals surface area contributed by atoms with Gasteiger partial charge in [0.05, 0.1) is 23.7 Å². The summed E-state index contributed by atoms with van der Waals surface area (Å²) >= 11 is 3.35. The van der Waals surface area contributed by atoms with Gasteiger partial charge in [0.2, 0.25) is 0 Å². The molecule has 0 heterocycles. The molecule has 0 aliphatic rings. The largest absolute Gasteiger partial charge is 0.496 e. The van der Waals surface area contributed by atoms with Crippen LogP contribution in [0.2, 0.25) is 0 Å². The number of methoxy groups -OCH3 is 1. The quantitative estimate of drug-likeness (QED) is 0.488. The third kappa shape index (κ3) is 3.93. The predicted octanol–water partition coefficient (Wildman–Crippen LogP) is 2.75. The summed E-state index contributed by atoms with van der Waals surface area (Å²) in [7, 11) is 1.38. The zero-order valence-electron chi connectivity index (χ0n) is 11.6. The average molecular weight is 345 g/mol. The summed E-state index contributed by atoms with van der Waals surface area (Å²) in [6.45, 7) is 4.00. The number of carbonyl (C=O) groups is 1. The van der Waals surface area contributed by atoms with Crippen LogP contribution in [-0.2, 0) is 0 Å². The lowest BCUT2D eigenvalue weighted by Gasteiger charge is -2.20. The van der Waals surface area contributed by atoms with E-state index in [4.69, 9.17) is 4.74 Å². The third-order valence-electron chi connectivity index (χ3n) is 2.93. The molecular formula is C13H17BrN2O4. The SMILES string of the molecule is COc1cc([N+](=O)[O-])ccc1C(=O)NC(CBr)C(C)C. The van der Waals surface area contributed by atoms with Gasteiger partial charge in [-0.15, -0.1) is 0 Å². The van der Waals surface area contributed by atoms with E-state index in [-0.39, 0.29) is 34.9 Å². The maximum Gasteiger partial charge on any atom is 0.273 e. The van der Waals surface area contributed by atoms with Crippen molar-refractivity contribution in [3.8, 4) is 5.75 Å². The van der Waals surface area contributed by atoms with Crippen molar-refractivity contribution in [2.75, 3.05) is 12.4 Å². The smallest absolute Gasteiger partial charge is 0.273 e. The molecule has 1 unspecified atom stereocenters. The Labute approximate surface area is 125 Å². The second-order valence-electron chi connectivity index (χ2n) is 4.62. The second kappa shape index (κ2) is 7.23. The minimum Gasteiger partial charge on any atom is -0.496 e. The molecule has 0 aliphatic heterocycles. The Hall–Kier alpha value is -1.63. The van der Waals surface area contributed by atoms with Crippen LogP contribution < -0.4 is 10.1 Å². The zero-order valence-corrected chi connectivity index (χ0v) is 13.1. The van der Waals surface area contributed by atoms with E-state index in [2.05, 4.69) is 21.2 Å². The van der Waals surface area contributed by atoms with Gasteiger partial charge in [0.15, 0.2) is 0 Å². The van der Waals surface area contributed by atoms with Crippen LogP contribution in [0.15, 0.2) is 18.2 Å². The molecule has 0 bridgehead atoms. The van der Waals surface area contributed by atoms with Crippen LogP contribution in [0.25, 0.3) is 0 Å². The maximum atomic E-state index is 12.2. The highest BCUT2D eigenvalue weighted by molar-refractivity contribution is 9.09. The predicted molar refractivity (Wildman–Crippen MR) is 79.5 cm³/mol. The first-order chi connectivity index (χ1) is 9.40. The molecule has 0 aromatic heterocycles. The Morgan fingerprint density at radius 1 is 1.50 bits per heavy atom. The monoisotopic (exact) mass is 344 g/mol. The first-order valence-corrected chi connectivity index (χ1v) is 7.22. The van der Waals surface area contributed by atoms with E-state index in [9.17, 15) is 14.9 Å². The number of hydrogen-bond donors (Lipinski definition) is 1. The van der Waals surface area contributed by atoms with Gasteiger partial charge in [-0.2, -0.15) is 0 Å². The number of hydrogen-bond acceptors (Lipinski definition) is 4. The van der Waals surface area contributed by atoms with E-state index in [0.717, 1.165) is 0 Å². The van der Waals surface area contributed by atoms with Gasteiger partial charge in [0, 0.05) is 17.4 Å². The molecule has 20 heavy (non-hydrogen) atoms. The number of benzene rings is 1. The summed E-state index contributed by atoms with van der Waals surface area (Å²) in [6.07, 6.45) is 0. The number of nitro groups is 1. The Morgan fingerprint density at radius 2 is 2.15 bits per heavy atom. The van der Waals surface area contributed by atoms with Gasteiger partial charge in [0.1, 0.15) is 5.75 Å². The Balaban J connectivity index is 3.01. The van der Waals surface area contributed by atoms with Crippen molar-refractivity contribution in [2.45, 2.75) is 19.9 Å². The molecule has 0 radical (unpaired) electrons. The van der Waals surface area contributed by atoms with Gasteiger partial charge in [-0.1, -0.05) is 29.8 Å². The number of non-ortho nitro benzene ring substituents is 1. The van der Waals surface area contributed by atoms with Crippen molar-refractivity contribution in [2.24, 2.45) is 5.92 Å². The summed E-state index contributed by atoms with van der Waals surface area (Å²) in [5, 5.41) is 14.2. The molecule has 0 aliphatic carbocycles. The van der Waals surface area contributed by atoms with E-state index in [1.54, 1.807) is 0 Å². The summed E-state index contributed by atoms with van der Waals surface area (Å²) in [5.41, 5.74) is 0.170. The molecule has 6 nitrogen and oxygen atoms in total. The molecule has 0 saturated heterocycles. The molecule has 1 amide bonds. The van der Waals surface area contributed by atoms with Gasteiger partial charge in [-0.3, -0.25) is 14.9 Å². The van der Waals surface area contributed by atoms with Crippen LogP contribution in [0.3, 0.4) is 0 Å². The van der Waals surface area contributed by atoms with Crippen molar-refractivity contribution in [3.05, 3.63) is 33.9 Å². The third-order valence-corrected chi connectivity index (χ3v) is 3.63. The Bertz CT molecular complexity index is 505. The lowest BCUT2D eigenvalue weighted by atomic mass is 10.1. The van der Waals surface area contributed by atoms with Crippen LogP contribution in [0.5, 0.6) is 5.75 Å². The molecule has 110 valence electrons. The fourth-order valence-electron chi connectivity index (χ4n) is 1.61.